The summed E-state index contributed by atoms with van der Waals surface area (Å²) in [6.07, 6.45) is 6.56. The Bertz CT molecular complexity index is 1710. The van der Waals surface area contributed by atoms with Gasteiger partial charge in [0.1, 0.15) is 6.04 Å². The lowest BCUT2D eigenvalue weighted by Crippen LogP contribution is -2.51. The molecular formula is C37H44N6O4S. The number of hydrogen-bond donors (Lipinski definition) is 3. The quantitative estimate of drug-likeness (QED) is 0.137. The first kappa shape index (κ1) is 36.2. The number of rotatable bonds is 18. The largest absolute Gasteiger partial charge is 0.480 e. The number of aliphatic carboxylic acids is 1. The second-order valence-corrected chi connectivity index (χ2v) is 13.1. The second-order valence-electron chi connectivity index (χ2n) is 12.1. The van der Waals surface area contributed by atoms with E-state index in [0.717, 1.165) is 34.0 Å². The summed E-state index contributed by atoms with van der Waals surface area (Å²) >= 11 is 1.53. The van der Waals surface area contributed by atoms with Crippen LogP contribution in [-0.4, -0.2) is 74.5 Å². The summed E-state index contributed by atoms with van der Waals surface area (Å²) in [4.78, 5) is 45.0. The predicted octanol–water partition coefficient (Wildman–Crippen LogP) is 4.85. The zero-order valence-electron chi connectivity index (χ0n) is 27.8. The van der Waals surface area contributed by atoms with Crippen LogP contribution < -0.4 is 10.6 Å². The summed E-state index contributed by atoms with van der Waals surface area (Å²) in [5, 5.41) is 26.9. The van der Waals surface area contributed by atoms with E-state index < -0.39 is 12.0 Å². The Balaban J connectivity index is 1.51. The molecule has 0 bridgehead atoms. The van der Waals surface area contributed by atoms with Crippen molar-refractivity contribution in [2.24, 2.45) is 5.92 Å². The van der Waals surface area contributed by atoms with E-state index in [9.17, 15) is 19.5 Å². The van der Waals surface area contributed by atoms with Crippen molar-refractivity contribution in [1.29, 1.82) is 5.26 Å². The van der Waals surface area contributed by atoms with Crippen molar-refractivity contribution in [2.75, 3.05) is 25.1 Å². The smallest absolute Gasteiger partial charge is 0.326 e. The first-order valence-electron chi connectivity index (χ1n) is 16.2. The summed E-state index contributed by atoms with van der Waals surface area (Å²) in [5.41, 5.74) is 3.38. The molecule has 0 aliphatic carbocycles. The molecule has 48 heavy (non-hydrogen) atoms. The number of nitrogens with zero attached hydrogens (tertiary/aromatic N) is 4. The van der Waals surface area contributed by atoms with Gasteiger partial charge in [0.05, 0.1) is 30.9 Å². The van der Waals surface area contributed by atoms with Crippen LogP contribution in [0.25, 0.3) is 10.8 Å². The highest BCUT2D eigenvalue weighted by Crippen LogP contribution is 2.21. The van der Waals surface area contributed by atoms with Gasteiger partial charge in [-0.15, -0.1) is 0 Å². The molecule has 0 saturated carbocycles. The van der Waals surface area contributed by atoms with E-state index in [1.165, 1.54) is 11.8 Å². The maximum absolute atomic E-state index is 13.5. The average molecular weight is 669 g/mol. The van der Waals surface area contributed by atoms with Gasteiger partial charge in [0.2, 0.25) is 11.8 Å². The van der Waals surface area contributed by atoms with Gasteiger partial charge >= 0.3 is 5.97 Å². The van der Waals surface area contributed by atoms with Crippen molar-refractivity contribution in [1.82, 2.24) is 25.1 Å². The Morgan fingerprint density at radius 1 is 1.04 bits per heavy atom. The number of carbonyl (C=O) groups excluding carboxylic acids is 2. The highest BCUT2D eigenvalue weighted by atomic mass is 32.2. The molecule has 0 fully saturated rings. The van der Waals surface area contributed by atoms with Crippen LogP contribution in [0.15, 0.2) is 79.3 Å². The maximum Gasteiger partial charge on any atom is 0.326 e. The molecule has 0 saturated heterocycles. The average Bonchev–Trinajstić information content (AvgIpc) is 3.51. The van der Waals surface area contributed by atoms with Gasteiger partial charge in [-0.2, -0.15) is 17.0 Å². The van der Waals surface area contributed by atoms with E-state index in [0.29, 0.717) is 37.4 Å². The van der Waals surface area contributed by atoms with Gasteiger partial charge in [0, 0.05) is 37.6 Å². The van der Waals surface area contributed by atoms with Gasteiger partial charge in [-0.25, -0.2) is 9.78 Å². The molecule has 3 N–H and O–H groups in total. The molecule has 4 rings (SSSR count). The molecule has 3 atom stereocenters. The van der Waals surface area contributed by atoms with Gasteiger partial charge in [0.15, 0.2) is 0 Å². The van der Waals surface area contributed by atoms with Crippen LogP contribution in [0, 0.1) is 17.2 Å². The van der Waals surface area contributed by atoms with Crippen molar-refractivity contribution in [3.63, 3.8) is 0 Å². The number of hydrogen-bond acceptors (Lipinski definition) is 7. The third kappa shape index (κ3) is 10.4. The van der Waals surface area contributed by atoms with Crippen LogP contribution in [-0.2, 0) is 33.9 Å². The van der Waals surface area contributed by atoms with Crippen LogP contribution in [0.4, 0.5) is 0 Å². The molecule has 1 heterocycles. The Labute approximate surface area is 286 Å². The number of amides is 2. The fraction of sp³-hybridized carbons (Fsp3) is 0.378. The molecule has 0 unspecified atom stereocenters. The van der Waals surface area contributed by atoms with E-state index in [2.05, 4.69) is 41.6 Å². The fourth-order valence-electron chi connectivity index (χ4n) is 5.66. The first-order valence-corrected chi connectivity index (χ1v) is 17.6. The number of carbonyl (C=O) groups is 3. The van der Waals surface area contributed by atoms with E-state index in [1.54, 1.807) is 24.7 Å². The van der Waals surface area contributed by atoms with Crippen LogP contribution in [0.2, 0.25) is 0 Å². The molecule has 0 radical (unpaired) electrons. The van der Waals surface area contributed by atoms with Gasteiger partial charge in [0.25, 0.3) is 0 Å². The van der Waals surface area contributed by atoms with Crippen molar-refractivity contribution in [3.8, 4) is 6.07 Å². The van der Waals surface area contributed by atoms with E-state index in [4.69, 9.17) is 5.26 Å². The topological polar surface area (TPSA) is 140 Å². The number of imidazole rings is 1. The molecule has 10 nitrogen and oxygen atoms in total. The number of benzene rings is 3. The number of nitriles is 1. The van der Waals surface area contributed by atoms with Crippen LogP contribution in [0.3, 0.4) is 0 Å². The van der Waals surface area contributed by atoms with E-state index >= 15 is 0 Å². The number of carboxylic acid groups (broad SMARTS) is 1. The minimum Gasteiger partial charge on any atom is -0.480 e. The lowest BCUT2D eigenvalue weighted by Gasteiger charge is -2.31. The fourth-order valence-corrected chi connectivity index (χ4v) is 6.14. The number of fused-ring (bicyclic) bond motifs is 1. The normalized spacial score (nSPS) is 13.1. The zero-order valence-corrected chi connectivity index (χ0v) is 28.6. The van der Waals surface area contributed by atoms with Gasteiger partial charge < -0.3 is 20.3 Å². The molecule has 2 amide bonds. The van der Waals surface area contributed by atoms with Crippen molar-refractivity contribution in [2.45, 2.75) is 58.3 Å². The minimum atomic E-state index is -1.05. The molecule has 0 aliphatic rings. The van der Waals surface area contributed by atoms with Crippen LogP contribution in [0.1, 0.15) is 49.1 Å². The summed E-state index contributed by atoms with van der Waals surface area (Å²) in [7, 11) is 0. The molecule has 0 spiro atoms. The zero-order chi connectivity index (χ0) is 34.5. The van der Waals surface area contributed by atoms with Crippen molar-refractivity contribution < 1.29 is 19.5 Å². The number of thioether (sulfide) groups is 1. The number of carboxylic acids is 1. The third-order valence-corrected chi connectivity index (χ3v) is 9.24. The Hall–Kier alpha value is -4.66. The molecule has 252 valence electrons. The minimum absolute atomic E-state index is 0.0214. The Morgan fingerprint density at radius 2 is 1.79 bits per heavy atom. The Kier molecular flexibility index (Phi) is 13.6. The highest BCUT2D eigenvalue weighted by Gasteiger charge is 2.26. The SMILES string of the molecule is CC[C@@H](C)[C@@H](CN(CC(=O)N[C@@H](CCSC)C(=O)O)Cc1cccc2ccccc12)NC(=O)Cc1cncn1Cc1ccc(C#N)cc1. The highest BCUT2D eigenvalue weighted by molar-refractivity contribution is 7.98. The van der Waals surface area contributed by atoms with Gasteiger partial charge in [-0.05, 0) is 58.4 Å². The predicted molar refractivity (Wildman–Crippen MR) is 189 cm³/mol. The van der Waals surface area contributed by atoms with Crippen LogP contribution in [0.5, 0.6) is 0 Å². The van der Waals surface area contributed by atoms with Gasteiger partial charge in [-0.1, -0.05) is 74.9 Å². The summed E-state index contributed by atoms with van der Waals surface area (Å²) in [6.45, 7) is 5.49. The standard InChI is InChI=1S/C37H44N6O4S/c1-4-26(2)34(41-35(44)18-31-20-39-25-43(31)21-28-14-12-27(19-38)13-15-28)23-42(24-36(45)40-33(37(46)47)16-17-48-3)22-30-10-7-9-29-8-5-6-11-32(29)30/h5-15,20,25-26,33-34H,4,16-18,21-24H2,1-3H3,(H,40,45)(H,41,44)(H,46,47)/t26-,33+,34-/m1/s1. The number of aromatic nitrogens is 2. The number of nitrogens with one attached hydrogen (secondary N) is 2. The van der Waals surface area contributed by atoms with Crippen LogP contribution >= 0.6 is 11.8 Å². The molecule has 4 aromatic rings. The molecular weight excluding hydrogens is 625 g/mol. The Morgan fingerprint density at radius 3 is 2.50 bits per heavy atom. The summed E-state index contributed by atoms with van der Waals surface area (Å²) in [5.74, 6) is -0.861. The summed E-state index contributed by atoms with van der Waals surface area (Å²) in [6, 6.07) is 22.4. The van der Waals surface area contributed by atoms with Crippen molar-refractivity contribution >= 4 is 40.3 Å². The monoisotopic (exact) mass is 668 g/mol. The molecule has 1 aromatic heterocycles. The lowest BCUT2D eigenvalue weighted by atomic mass is 9.97. The molecule has 3 aromatic carbocycles. The van der Waals surface area contributed by atoms with Gasteiger partial charge in [-0.3, -0.25) is 14.5 Å². The van der Waals surface area contributed by atoms with E-state index in [-0.39, 0.29) is 36.7 Å². The third-order valence-electron chi connectivity index (χ3n) is 8.59. The summed E-state index contributed by atoms with van der Waals surface area (Å²) < 4.78 is 1.92. The first-order chi connectivity index (χ1) is 23.2. The second kappa shape index (κ2) is 18.0. The molecule has 0 aliphatic heterocycles. The molecule has 11 heteroatoms. The van der Waals surface area contributed by atoms with E-state index in [1.807, 2.05) is 64.3 Å². The maximum atomic E-state index is 13.5. The van der Waals surface area contributed by atoms with Crippen molar-refractivity contribution in [3.05, 3.63) is 102 Å². The lowest BCUT2D eigenvalue weighted by molar-refractivity contribution is -0.142.